The summed E-state index contributed by atoms with van der Waals surface area (Å²) in [6, 6.07) is 18.7. The normalized spacial score (nSPS) is 16.8. The number of nitrogens with one attached hydrogen (secondary N) is 6. The number of primary amides is 1. The van der Waals surface area contributed by atoms with E-state index in [1.807, 2.05) is 113 Å². The summed E-state index contributed by atoms with van der Waals surface area (Å²) in [5.41, 5.74) is 8.90. The van der Waals surface area contributed by atoms with Crippen molar-refractivity contribution in [1.29, 1.82) is 0 Å². The second kappa shape index (κ2) is 43.4. The number of hydrogen-bond donors (Lipinski definition) is 8. The van der Waals surface area contributed by atoms with E-state index in [1.54, 1.807) is 77.5 Å². The third-order valence-corrected chi connectivity index (χ3v) is 21.3. The maximum absolute atomic E-state index is 14.9. The van der Waals surface area contributed by atoms with E-state index in [2.05, 4.69) is 49.0 Å². The number of hydrogen-bond acceptors (Lipinski definition) is 18. The molecule has 9 N–H and O–H groups in total. The zero-order valence-electron chi connectivity index (χ0n) is 64.9. The van der Waals surface area contributed by atoms with Gasteiger partial charge in [0.25, 0.3) is 11.8 Å². The Labute approximate surface area is 635 Å². The first kappa shape index (κ1) is 87.2. The summed E-state index contributed by atoms with van der Waals surface area (Å²) in [5.74, 6) is -4.25. The zero-order chi connectivity index (χ0) is 78.6. The van der Waals surface area contributed by atoms with Gasteiger partial charge in [-0.3, -0.25) is 58.4 Å². The van der Waals surface area contributed by atoms with Crippen LogP contribution < -0.4 is 42.5 Å². The number of thiazole rings is 1. The molecule has 0 spiro atoms. The topological polar surface area (TPSA) is 346 Å². The molecule has 2 aliphatic rings. The number of carbonyl (C=O) groups excluding carboxylic acids is 10. The van der Waals surface area contributed by atoms with Gasteiger partial charge in [-0.25, -0.2) is 14.6 Å². The number of likely N-dealkylation sites (tertiary alicyclic amines) is 1. The van der Waals surface area contributed by atoms with Crippen LogP contribution in [0.1, 0.15) is 154 Å². The first-order valence-electron chi connectivity index (χ1n) is 37.5. The molecule has 2 aliphatic heterocycles. The molecule has 28 heteroatoms. The van der Waals surface area contributed by atoms with E-state index in [0.29, 0.717) is 75.0 Å². The van der Waals surface area contributed by atoms with Crippen molar-refractivity contribution in [3.63, 3.8) is 0 Å². The van der Waals surface area contributed by atoms with Crippen LogP contribution in [0.3, 0.4) is 0 Å². The van der Waals surface area contributed by atoms with E-state index >= 15 is 0 Å². The summed E-state index contributed by atoms with van der Waals surface area (Å²) in [5, 5.41) is 32.0. The number of nitrogens with two attached hydrogens (primary N) is 1. The van der Waals surface area contributed by atoms with Gasteiger partial charge >= 0.3 is 12.1 Å². The lowest BCUT2D eigenvalue weighted by atomic mass is 9.89. The van der Waals surface area contributed by atoms with Crippen molar-refractivity contribution >= 4 is 82.1 Å². The highest BCUT2D eigenvalue weighted by Crippen LogP contribution is 2.32. The Morgan fingerprint density at radius 1 is 0.748 bits per heavy atom. The molecule has 27 nitrogen and oxygen atoms in total. The van der Waals surface area contributed by atoms with Crippen LogP contribution in [0.2, 0.25) is 0 Å². The van der Waals surface area contributed by atoms with E-state index < -0.39 is 78.5 Å². The molecule has 107 heavy (non-hydrogen) atoms. The van der Waals surface area contributed by atoms with Gasteiger partial charge in [0.2, 0.25) is 35.4 Å². The number of aromatic nitrogens is 1. The van der Waals surface area contributed by atoms with Gasteiger partial charge in [0, 0.05) is 102 Å². The molecule has 0 bridgehead atoms. The lowest BCUT2D eigenvalue weighted by Crippen LogP contribution is -2.60. The Kier molecular flexibility index (Phi) is 35.4. The minimum atomic E-state index is -1.08. The van der Waals surface area contributed by atoms with Gasteiger partial charge in [-0.2, -0.15) is 0 Å². The summed E-state index contributed by atoms with van der Waals surface area (Å²) in [6.07, 6.45) is 6.76. The average molecular weight is 1500 g/mol. The molecule has 11 amide bonds. The summed E-state index contributed by atoms with van der Waals surface area (Å²) < 4.78 is 18.0. The molecule has 4 aromatic rings. The molecule has 1 fully saturated rings. The molecule has 6 rings (SSSR count). The van der Waals surface area contributed by atoms with Crippen LogP contribution in [0, 0.1) is 29.6 Å². The SMILES string of the molecule is CC[C@H](C)[C@@H]([C@@H](CC(=O)N1CCC[C@H]1[C@H](OC)[C@@H](C)[C@H](O)N[C@@H](Cc1ccccc1)c1nccs1)OC)N(C)C(=O)[C@@H](NC(=O)[C@H](C(C)C)N(C)CCc1ccc(N(C)C(=O)OCc2ccc(NC(=O)[C@H](CCCNC(N)=O)NC(=O)[C@@H](NC(=O)CCCCCN3C(=O)C=CC3=O)C(C)C)cc2)cc1)C(C)C. The summed E-state index contributed by atoms with van der Waals surface area (Å²) in [6.45, 7) is 18.6. The zero-order valence-corrected chi connectivity index (χ0v) is 65.7. The number of carbonyl (C=O) groups is 10. The Hall–Kier alpha value is -8.67. The fourth-order valence-corrected chi connectivity index (χ4v) is 14.7. The van der Waals surface area contributed by atoms with Crippen LogP contribution in [-0.2, 0) is 72.0 Å². The van der Waals surface area contributed by atoms with Crippen molar-refractivity contribution in [3.8, 4) is 0 Å². The third-order valence-electron chi connectivity index (χ3n) is 20.4. The van der Waals surface area contributed by atoms with Crippen molar-refractivity contribution in [2.75, 3.05) is 71.8 Å². The molecule has 1 aromatic heterocycles. The van der Waals surface area contributed by atoms with Crippen molar-refractivity contribution in [2.24, 2.45) is 35.3 Å². The van der Waals surface area contributed by atoms with Crippen molar-refractivity contribution in [2.45, 2.75) is 207 Å². The second-order valence-electron chi connectivity index (χ2n) is 29.3. The lowest BCUT2D eigenvalue weighted by molar-refractivity contribution is -0.148. The number of amides is 11. The fourth-order valence-electron chi connectivity index (χ4n) is 14.0. The van der Waals surface area contributed by atoms with E-state index in [1.165, 1.54) is 28.4 Å². The van der Waals surface area contributed by atoms with Gasteiger partial charge in [-0.05, 0) is 123 Å². The Balaban J connectivity index is 0.988. The second-order valence-corrected chi connectivity index (χ2v) is 30.2. The molecule has 12 atom stereocenters. The number of nitrogens with zero attached hydrogens (tertiary/aromatic N) is 6. The molecule has 0 unspecified atom stereocenters. The van der Waals surface area contributed by atoms with Crippen LogP contribution in [-0.4, -0.2) is 205 Å². The Morgan fingerprint density at radius 2 is 1.41 bits per heavy atom. The lowest BCUT2D eigenvalue weighted by Gasteiger charge is -2.41. The van der Waals surface area contributed by atoms with Crippen LogP contribution in [0.15, 0.2) is 103 Å². The van der Waals surface area contributed by atoms with Crippen molar-refractivity contribution in [1.82, 2.24) is 51.2 Å². The highest BCUT2D eigenvalue weighted by atomic mass is 32.1. The molecular weight excluding hydrogens is 1390 g/mol. The number of ether oxygens (including phenoxy) is 3. The summed E-state index contributed by atoms with van der Waals surface area (Å²) in [7, 11) is 8.40. The van der Waals surface area contributed by atoms with Gasteiger partial charge in [0.05, 0.1) is 42.8 Å². The van der Waals surface area contributed by atoms with Gasteiger partial charge in [0.1, 0.15) is 36.0 Å². The number of aliphatic hydroxyl groups is 1. The number of unbranched alkanes of at least 4 members (excludes halogenated alkanes) is 2. The molecule has 1 saturated heterocycles. The number of likely N-dealkylation sites (N-methyl/N-ethyl adjacent to an activating group) is 2. The summed E-state index contributed by atoms with van der Waals surface area (Å²) in [4.78, 5) is 146. The van der Waals surface area contributed by atoms with Gasteiger partial charge in [0.15, 0.2) is 0 Å². The number of benzene rings is 3. The van der Waals surface area contributed by atoms with E-state index in [4.69, 9.17) is 19.9 Å². The minimum absolute atomic E-state index is 0.00385. The van der Waals surface area contributed by atoms with E-state index in [9.17, 15) is 53.1 Å². The van der Waals surface area contributed by atoms with Crippen molar-refractivity contribution in [3.05, 3.63) is 124 Å². The number of urea groups is 1. The minimum Gasteiger partial charge on any atom is -0.444 e. The molecule has 3 heterocycles. The van der Waals surface area contributed by atoms with Gasteiger partial charge < -0.3 is 61.4 Å². The predicted octanol–water partition coefficient (Wildman–Crippen LogP) is 7.87. The molecular formula is C79H117N13O14S. The Morgan fingerprint density at radius 3 is 2.01 bits per heavy atom. The number of anilines is 2. The molecule has 588 valence electrons. The van der Waals surface area contributed by atoms with Crippen LogP contribution in [0.5, 0.6) is 0 Å². The number of methoxy groups -OCH3 is 2. The standard InChI is InChI=1S/C79H117N13O14S/c1-15-52(8)70(62(104-13)47-66(96)91-43-23-27-61(91)71(105-14)53(9)72(97)85-60(76-81-41-45-107-76)46-55-24-18-16-19-25-55)90(12)77(101)68(50(4)5)87-75(100)69(51(6)7)88(10)44-39-54-31-35-58(36-32-54)89(11)79(103)106-48-56-29-33-57(34-30-56)83-73(98)59(26-22-40-82-78(80)102)84-74(99)67(49(2)3)86-63(93)28-20-17-21-42-92-64(94)37-38-65(92)95/h16,18-19,24-25,29-38,41,45,49-53,59-62,67-72,85,97H,15,17,20-23,26-28,39-40,42-44,46-48H2,1-14H3,(H,83,98)(H,84,99)(H,86,93)(H,87,100)(H3,80,82,102)/t52-,53+,59-,60-,61-,62+,67-,68-,69-,70-,71+,72-/m0/s1. The van der Waals surface area contributed by atoms with Gasteiger partial charge in [-0.15, -0.1) is 11.3 Å². The molecule has 0 aliphatic carbocycles. The van der Waals surface area contributed by atoms with Crippen LogP contribution in [0.4, 0.5) is 21.0 Å². The largest absolute Gasteiger partial charge is 0.444 e. The fraction of sp³-hybridized carbons (Fsp3) is 0.582. The molecule has 0 radical (unpaired) electrons. The maximum atomic E-state index is 14.9. The summed E-state index contributed by atoms with van der Waals surface area (Å²) >= 11 is 1.52. The molecule has 3 aromatic carbocycles. The van der Waals surface area contributed by atoms with E-state index in [0.717, 1.165) is 27.5 Å². The number of rotatable bonds is 44. The monoisotopic (exact) mass is 1500 g/mol. The number of aliphatic hydroxyl groups excluding tert-OH is 1. The third kappa shape index (κ3) is 26.0. The van der Waals surface area contributed by atoms with Crippen molar-refractivity contribution < 1.29 is 67.3 Å². The van der Waals surface area contributed by atoms with E-state index in [-0.39, 0.29) is 117 Å². The smallest absolute Gasteiger partial charge is 0.414 e. The highest BCUT2D eigenvalue weighted by molar-refractivity contribution is 7.09. The maximum Gasteiger partial charge on any atom is 0.414 e. The first-order chi connectivity index (χ1) is 51.0. The average Bonchev–Trinajstić information content (AvgIpc) is 1.68. The highest BCUT2D eigenvalue weighted by Gasteiger charge is 2.44. The Bertz CT molecular complexity index is 3530. The van der Waals surface area contributed by atoms with Crippen LogP contribution >= 0.6 is 11.3 Å². The molecule has 0 saturated carbocycles. The predicted molar refractivity (Wildman–Crippen MR) is 412 cm³/mol. The quantitative estimate of drug-likeness (QED) is 0.0119. The first-order valence-corrected chi connectivity index (χ1v) is 38.4. The van der Waals surface area contributed by atoms with Gasteiger partial charge in [-0.1, -0.05) is 130 Å². The van der Waals surface area contributed by atoms with Crippen LogP contribution in [0.25, 0.3) is 0 Å². The number of imide groups is 1.